The highest BCUT2D eigenvalue weighted by atomic mass is 32.1. The van der Waals surface area contributed by atoms with Crippen molar-refractivity contribution in [2.24, 2.45) is 0 Å². The molecule has 0 spiro atoms. The van der Waals surface area contributed by atoms with Gasteiger partial charge in [-0.05, 0) is 34.4 Å². The summed E-state index contributed by atoms with van der Waals surface area (Å²) in [5.41, 5.74) is 6.59. The molecule has 5 rings (SSSR count). The number of hydrogen-bond donors (Lipinski definition) is 3. The topological polar surface area (TPSA) is 153 Å². The van der Waals surface area contributed by atoms with Crippen LogP contribution in [0.3, 0.4) is 0 Å². The second-order valence-electron chi connectivity index (χ2n) is 9.10. The number of nitrogens with zero attached hydrogens (tertiary/aromatic N) is 6. The molecule has 0 aliphatic heterocycles. The molecule has 0 aliphatic rings. The molecule has 0 unspecified atom stereocenters. The first kappa shape index (κ1) is 26.4. The standard InChI is InChI=1S/C19H20N4OS.C7H7N5O/c1-19(2,15-7-4-3-5-8-15)12-16(25)11-14-13-20-18(22-17(14)24)23-10-6-9-21-23;8-5-4-9-7(11-6(5)13)12-3-1-2-10-12/h3-10,13H,11-12H2,1-2H3,(H,20,22,24);1-4H,8H2,(H,9,11,13). The number of aromatic amines is 2. The van der Waals surface area contributed by atoms with E-state index in [0.29, 0.717) is 23.9 Å². The molecule has 12 heteroatoms. The molecule has 0 atom stereocenters. The number of nitrogen functional groups attached to an aromatic ring is 1. The van der Waals surface area contributed by atoms with Gasteiger partial charge in [0, 0.05) is 43.0 Å². The van der Waals surface area contributed by atoms with Crippen molar-refractivity contribution < 1.29 is 0 Å². The maximum atomic E-state index is 12.3. The van der Waals surface area contributed by atoms with E-state index in [-0.39, 0.29) is 22.2 Å². The van der Waals surface area contributed by atoms with E-state index < -0.39 is 0 Å². The molecule has 4 heterocycles. The first-order valence-corrected chi connectivity index (χ1v) is 12.1. The molecule has 1 aromatic carbocycles. The van der Waals surface area contributed by atoms with Gasteiger partial charge in [-0.2, -0.15) is 10.2 Å². The average Bonchev–Trinajstić information content (AvgIpc) is 3.63. The van der Waals surface area contributed by atoms with Crippen molar-refractivity contribution in [3.05, 3.63) is 111 Å². The van der Waals surface area contributed by atoms with Crippen LogP contribution < -0.4 is 16.9 Å². The van der Waals surface area contributed by atoms with Gasteiger partial charge in [0.15, 0.2) is 0 Å². The van der Waals surface area contributed by atoms with Gasteiger partial charge in [-0.1, -0.05) is 56.4 Å². The van der Waals surface area contributed by atoms with E-state index in [0.717, 1.165) is 11.3 Å². The molecule has 4 N–H and O–H groups in total. The number of H-pyrrole nitrogens is 2. The molecular formula is C26H27N9O2S. The number of benzene rings is 1. The van der Waals surface area contributed by atoms with Gasteiger partial charge in [0.25, 0.3) is 11.1 Å². The molecule has 0 saturated carbocycles. The minimum Gasteiger partial charge on any atom is -0.393 e. The van der Waals surface area contributed by atoms with Crippen molar-refractivity contribution in [2.75, 3.05) is 5.73 Å². The number of anilines is 1. The fraction of sp³-hybridized carbons (Fsp3) is 0.192. The summed E-state index contributed by atoms with van der Waals surface area (Å²) in [4.78, 5) is 37.6. The molecule has 0 amide bonds. The van der Waals surface area contributed by atoms with Gasteiger partial charge in [-0.3, -0.25) is 19.6 Å². The Bertz CT molecular complexity index is 1610. The van der Waals surface area contributed by atoms with Crippen LogP contribution in [0.2, 0.25) is 0 Å². The maximum absolute atomic E-state index is 12.3. The molecule has 0 aliphatic carbocycles. The Hall–Kier alpha value is -4.71. The summed E-state index contributed by atoms with van der Waals surface area (Å²) < 4.78 is 2.96. The van der Waals surface area contributed by atoms with Crippen molar-refractivity contribution in [2.45, 2.75) is 32.1 Å². The van der Waals surface area contributed by atoms with E-state index in [1.807, 2.05) is 18.2 Å². The molecule has 0 fully saturated rings. The summed E-state index contributed by atoms with van der Waals surface area (Å²) in [6, 6.07) is 13.8. The summed E-state index contributed by atoms with van der Waals surface area (Å²) >= 11 is 5.56. The highest BCUT2D eigenvalue weighted by Gasteiger charge is 2.22. The summed E-state index contributed by atoms with van der Waals surface area (Å²) in [6.45, 7) is 4.33. The van der Waals surface area contributed by atoms with E-state index >= 15 is 0 Å². The SMILES string of the molecule is CC(C)(CC(=S)Cc1cnc(-n2cccn2)[nH]c1=O)c1ccccc1.Nc1cnc(-n2cccn2)[nH]c1=O. The molecule has 5 aromatic rings. The summed E-state index contributed by atoms with van der Waals surface area (Å²) in [6.07, 6.45) is 10.7. The zero-order chi connectivity index (χ0) is 27.1. The number of nitrogens with two attached hydrogens (primary N) is 1. The minimum absolute atomic E-state index is 0.0759. The second kappa shape index (κ2) is 11.6. The Balaban J connectivity index is 0.000000216. The van der Waals surface area contributed by atoms with E-state index in [1.54, 1.807) is 43.1 Å². The van der Waals surface area contributed by atoms with Gasteiger partial charge < -0.3 is 5.73 Å². The van der Waals surface area contributed by atoms with Crippen LogP contribution >= 0.6 is 12.2 Å². The molecule has 0 saturated heterocycles. The number of nitrogens with one attached hydrogen (secondary N) is 2. The molecule has 0 bridgehead atoms. The Labute approximate surface area is 223 Å². The maximum Gasteiger partial charge on any atom is 0.275 e. The predicted molar refractivity (Wildman–Crippen MR) is 149 cm³/mol. The zero-order valence-electron chi connectivity index (χ0n) is 20.9. The smallest absolute Gasteiger partial charge is 0.275 e. The quantitative estimate of drug-likeness (QED) is 0.272. The summed E-state index contributed by atoms with van der Waals surface area (Å²) in [7, 11) is 0. The number of aromatic nitrogens is 8. The normalized spacial score (nSPS) is 11.0. The first-order chi connectivity index (χ1) is 18.2. The lowest BCUT2D eigenvalue weighted by Gasteiger charge is -2.25. The van der Waals surface area contributed by atoms with Crippen LogP contribution in [0.4, 0.5) is 5.69 Å². The molecule has 194 valence electrons. The van der Waals surface area contributed by atoms with Crippen molar-refractivity contribution in [3.63, 3.8) is 0 Å². The van der Waals surface area contributed by atoms with Gasteiger partial charge in [0.1, 0.15) is 5.69 Å². The highest BCUT2D eigenvalue weighted by molar-refractivity contribution is 7.80. The summed E-state index contributed by atoms with van der Waals surface area (Å²) in [5.74, 6) is 0.749. The largest absolute Gasteiger partial charge is 0.393 e. The van der Waals surface area contributed by atoms with Crippen molar-refractivity contribution in [3.8, 4) is 11.9 Å². The lowest BCUT2D eigenvalue weighted by molar-refractivity contribution is 0.550. The zero-order valence-corrected chi connectivity index (χ0v) is 21.7. The second-order valence-corrected chi connectivity index (χ2v) is 9.67. The third-order valence-electron chi connectivity index (χ3n) is 5.70. The molecule has 11 nitrogen and oxygen atoms in total. The van der Waals surface area contributed by atoms with Gasteiger partial charge in [-0.15, -0.1) is 0 Å². The monoisotopic (exact) mass is 529 g/mol. The van der Waals surface area contributed by atoms with Crippen LogP contribution in [0.5, 0.6) is 0 Å². The van der Waals surface area contributed by atoms with Gasteiger partial charge in [0.2, 0.25) is 11.9 Å². The molecule has 4 aromatic heterocycles. The van der Waals surface area contributed by atoms with Crippen LogP contribution in [0.15, 0.2) is 89.2 Å². The first-order valence-electron chi connectivity index (χ1n) is 11.7. The third kappa shape index (κ3) is 6.53. The van der Waals surface area contributed by atoms with Crippen molar-refractivity contribution in [1.82, 2.24) is 39.5 Å². The Kier molecular flexibility index (Phi) is 8.02. The van der Waals surface area contributed by atoms with Crippen LogP contribution in [0.25, 0.3) is 11.9 Å². The van der Waals surface area contributed by atoms with Crippen molar-refractivity contribution in [1.29, 1.82) is 0 Å². The third-order valence-corrected chi connectivity index (χ3v) is 5.99. The minimum atomic E-state index is -0.361. The lowest BCUT2D eigenvalue weighted by atomic mass is 9.80. The van der Waals surface area contributed by atoms with E-state index in [9.17, 15) is 9.59 Å². The van der Waals surface area contributed by atoms with Crippen LogP contribution in [-0.2, 0) is 11.8 Å². The Morgan fingerprint density at radius 2 is 1.47 bits per heavy atom. The van der Waals surface area contributed by atoms with Gasteiger partial charge in [-0.25, -0.2) is 19.3 Å². The van der Waals surface area contributed by atoms with E-state index in [1.165, 1.54) is 21.1 Å². The Morgan fingerprint density at radius 3 is 2.00 bits per heavy atom. The molecule has 38 heavy (non-hydrogen) atoms. The average molecular weight is 530 g/mol. The van der Waals surface area contributed by atoms with Crippen molar-refractivity contribution >= 4 is 22.8 Å². The fourth-order valence-electron chi connectivity index (χ4n) is 3.71. The number of rotatable bonds is 7. The van der Waals surface area contributed by atoms with Gasteiger partial charge in [0.05, 0.1) is 6.20 Å². The van der Waals surface area contributed by atoms with Crippen LogP contribution in [-0.4, -0.2) is 44.4 Å². The summed E-state index contributed by atoms with van der Waals surface area (Å²) in [5, 5.41) is 7.96. The number of thiocarbonyl (C=S) groups is 1. The predicted octanol–water partition coefficient (Wildman–Crippen LogP) is 2.77. The number of hydrogen-bond acceptors (Lipinski definition) is 8. The van der Waals surface area contributed by atoms with Crippen LogP contribution in [0.1, 0.15) is 31.4 Å². The van der Waals surface area contributed by atoms with E-state index in [4.69, 9.17) is 18.0 Å². The van der Waals surface area contributed by atoms with Crippen LogP contribution in [0, 0.1) is 0 Å². The Morgan fingerprint density at radius 1 is 0.895 bits per heavy atom. The molecular weight excluding hydrogens is 502 g/mol. The van der Waals surface area contributed by atoms with Gasteiger partial charge >= 0.3 is 0 Å². The lowest BCUT2D eigenvalue weighted by Crippen LogP contribution is -2.24. The highest BCUT2D eigenvalue weighted by Crippen LogP contribution is 2.27. The molecule has 0 radical (unpaired) electrons. The fourth-order valence-corrected chi connectivity index (χ4v) is 4.23. The van der Waals surface area contributed by atoms with E-state index in [2.05, 4.69) is 56.1 Å².